The van der Waals surface area contributed by atoms with Crippen LogP contribution in [0.15, 0.2) is 12.1 Å². The first-order valence-corrected chi connectivity index (χ1v) is 7.71. The summed E-state index contributed by atoms with van der Waals surface area (Å²) in [5.41, 5.74) is 0. The molecule has 5 heteroatoms. The molecule has 0 radical (unpaired) electrons. The van der Waals surface area contributed by atoms with Crippen LogP contribution in [0.2, 0.25) is 0 Å². The van der Waals surface area contributed by atoms with E-state index in [-0.39, 0.29) is 24.2 Å². The largest absolute Gasteiger partial charge is 0.376 e. The van der Waals surface area contributed by atoms with Crippen LogP contribution in [0.1, 0.15) is 35.7 Å². The topological polar surface area (TPSA) is 41.6 Å². The van der Waals surface area contributed by atoms with Crippen LogP contribution in [0, 0.1) is 6.92 Å². The fourth-order valence-electron chi connectivity index (χ4n) is 2.98. The maximum atomic E-state index is 12.2. The summed E-state index contributed by atoms with van der Waals surface area (Å²) in [4.78, 5) is 16.6. The maximum Gasteiger partial charge on any atom is 0.238 e. The third-order valence-electron chi connectivity index (χ3n) is 3.99. The third-order valence-corrected chi connectivity index (χ3v) is 5.04. The number of thiophene rings is 1. The van der Waals surface area contributed by atoms with Crippen molar-refractivity contribution >= 4 is 17.2 Å². The Morgan fingerprint density at radius 3 is 3.00 bits per heavy atom. The quantitative estimate of drug-likeness (QED) is 0.921. The summed E-state index contributed by atoms with van der Waals surface area (Å²) < 4.78 is 5.75. The molecule has 0 saturated carbocycles. The van der Waals surface area contributed by atoms with Gasteiger partial charge in [-0.25, -0.2) is 0 Å². The van der Waals surface area contributed by atoms with Crippen molar-refractivity contribution in [3.63, 3.8) is 0 Å². The highest BCUT2D eigenvalue weighted by Crippen LogP contribution is 2.32. The molecule has 3 heterocycles. The average Bonchev–Trinajstić information content (AvgIpc) is 3.08. The van der Waals surface area contributed by atoms with E-state index >= 15 is 0 Å². The number of nitrogens with one attached hydrogen (secondary N) is 1. The SMILES string of the molecule is Cc1ccc(C2NCC(=O)N2C(C)C2CCCO2)s1. The highest BCUT2D eigenvalue weighted by atomic mass is 32.1. The van der Waals surface area contributed by atoms with Crippen molar-refractivity contribution < 1.29 is 9.53 Å². The Kier molecular flexibility index (Phi) is 3.60. The fraction of sp³-hybridized carbons (Fsp3) is 0.643. The highest BCUT2D eigenvalue weighted by Gasteiger charge is 2.39. The molecule has 0 spiro atoms. The molecule has 0 bridgehead atoms. The maximum absolute atomic E-state index is 12.2. The van der Waals surface area contributed by atoms with Gasteiger partial charge in [0.05, 0.1) is 18.7 Å². The van der Waals surface area contributed by atoms with Crippen LogP contribution in [0.4, 0.5) is 0 Å². The van der Waals surface area contributed by atoms with Gasteiger partial charge in [0.25, 0.3) is 0 Å². The Balaban J connectivity index is 1.81. The van der Waals surface area contributed by atoms with Crippen molar-refractivity contribution in [3.05, 3.63) is 21.9 Å². The van der Waals surface area contributed by atoms with Gasteiger partial charge in [-0.05, 0) is 38.8 Å². The van der Waals surface area contributed by atoms with E-state index in [1.54, 1.807) is 11.3 Å². The number of ether oxygens (including phenoxy) is 1. The van der Waals surface area contributed by atoms with E-state index in [1.165, 1.54) is 9.75 Å². The van der Waals surface area contributed by atoms with Gasteiger partial charge in [0, 0.05) is 16.4 Å². The molecule has 2 fully saturated rings. The molecule has 104 valence electrons. The van der Waals surface area contributed by atoms with Crippen LogP contribution < -0.4 is 5.32 Å². The normalized spacial score (nSPS) is 29.2. The molecule has 1 aromatic rings. The van der Waals surface area contributed by atoms with Gasteiger partial charge in [0.15, 0.2) is 0 Å². The summed E-state index contributed by atoms with van der Waals surface area (Å²) in [6.45, 7) is 5.46. The van der Waals surface area contributed by atoms with Gasteiger partial charge in [-0.2, -0.15) is 0 Å². The molecule has 4 nitrogen and oxygen atoms in total. The second-order valence-electron chi connectivity index (χ2n) is 5.32. The lowest BCUT2D eigenvalue weighted by Crippen LogP contribution is -2.44. The number of amides is 1. The molecule has 3 atom stereocenters. The molecule has 0 aliphatic carbocycles. The predicted octanol–water partition coefficient (Wildman–Crippen LogP) is 2.05. The predicted molar refractivity (Wildman–Crippen MR) is 75.1 cm³/mol. The Labute approximate surface area is 117 Å². The smallest absolute Gasteiger partial charge is 0.238 e. The zero-order valence-corrected chi connectivity index (χ0v) is 12.2. The first-order chi connectivity index (χ1) is 9.16. The molecule has 2 saturated heterocycles. The third kappa shape index (κ3) is 2.42. The molecule has 0 aromatic carbocycles. The average molecular weight is 280 g/mol. The minimum absolute atomic E-state index is 0.0189. The number of hydrogen-bond acceptors (Lipinski definition) is 4. The number of aryl methyl sites for hydroxylation is 1. The van der Waals surface area contributed by atoms with Gasteiger partial charge in [-0.3, -0.25) is 10.1 Å². The van der Waals surface area contributed by atoms with Crippen LogP contribution >= 0.6 is 11.3 Å². The summed E-state index contributed by atoms with van der Waals surface area (Å²) in [6.07, 6.45) is 2.37. The summed E-state index contributed by atoms with van der Waals surface area (Å²) in [5, 5.41) is 3.32. The van der Waals surface area contributed by atoms with Crippen molar-refractivity contribution in [1.82, 2.24) is 10.2 Å². The lowest BCUT2D eigenvalue weighted by Gasteiger charge is -2.33. The molecule has 3 unspecified atom stereocenters. The molecular formula is C14H20N2O2S. The number of nitrogens with zero attached hydrogens (tertiary/aromatic N) is 1. The molecule has 2 aliphatic rings. The lowest BCUT2D eigenvalue weighted by molar-refractivity contribution is -0.132. The number of rotatable bonds is 3. The van der Waals surface area contributed by atoms with Gasteiger partial charge < -0.3 is 9.64 Å². The monoisotopic (exact) mass is 280 g/mol. The molecule has 3 rings (SSSR count). The van der Waals surface area contributed by atoms with Crippen molar-refractivity contribution in [2.45, 2.75) is 45.0 Å². The van der Waals surface area contributed by atoms with Crippen LogP contribution in [0.25, 0.3) is 0 Å². The highest BCUT2D eigenvalue weighted by molar-refractivity contribution is 7.12. The van der Waals surface area contributed by atoms with E-state index < -0.39 is 0 Å². The van der Waals surface area contributed by atoms with Crippen LogP contribution in [-0.2, 0) is 9.53 Å². The fourth-order valence-corrected chi connectivity index (χ4v) is 3.93. The summed E-state index contributed by atoms with van der Waals surface area (Å²) in [7, 11) is 0. The molecule has 1 N–H and O–H groups in total. The van der Waals surface area contributed by atoms with E-state index in [2.05, 4.69) is 31.3 Å². The van der Waals surface area contributed by atoms with Gasteiger partial charge in [-0.1, -0.05) is 0 Å². The van der Waals surface area contributed by atoms with Gasteiger partial charge in [0.1, 0.15) is 6.17 Å². The zero-order valence-electron chi connectivity index (χ0n) is 11.4. The van der Waals surface area contributed by atoms with Crippen LogP contribution in [0.5, 0.6) is 0 Å². The first kappa shape index (κ1) is 13.1. The van der Waals surface area contributed by atoms with Crippen LogP contribution in [0.3, 0.4) is 0 Å². The van der Waals surface area contributed by atoms with Crippen molar-refractivity contribution in [1.29, 1.82) is 0 Å². The Bertz CT molecular complexity index is 468. The van der Waals surface area contributed by atoms with E-state index in [1.807, 2.05) is 4.90 Å². The Morgan fingerprint density at radius 1 is 1.53 bits per heavy atom. The van der Waals surface area contributed by atoms with E-state index in [0.717, 1.165) is 19.4 Å². The number of hydrogen-bond donors (Lipinski definition) is 1. The van der Waals surface area contributed by atoms with Crippen molar-refractivity contribution in [2.75, 3.05) is 13.2 Å². The molecule has 1 amide bonds. The second-order valence-corrected chi connectivity index (χ2v) is 6.64. The summed E-state index contributed by atoms with van der Waals surface area (Å²) in [5.74, 6) is 0.180. The van der Waals surface area contributed by atoms with Crippen molar-refractivity contribution in [3.8, 4) is 0 Å². The zero-order chi connectivity index (χ0) is 13.4. The first-order valence-electron chi connectivity index (χ1n) is 6.89. The summed E-state index contributed by atoms with van der Waals surface area (Å²) in [6, 6.07) is 4.36. The molecule has 2 aliphatic heterocycles. The Morgan fingerprint density at radius 2 is 2.37 bits per heavy atom. The lowest BCUT2D eigenvalue weighted by atomic mass is 10.1. The van der Waals surface area contributed by atoms with Gasteiger partial charge in [-0.15, -0.1) is 11.3 Å². The van der Waals surface area contributed by atoms with E-state index in [9.17, 15) is 4.79 Å². The second kappa shape index (κ2) is 5.23. The summed E-state index contributed by atoms with van der Waals surface area (Å²) >= 11 is 1.75. The van der Waals surface area contributed by atoms with Crippen LogP contribution in [-0.4, -0.2) is 36.1 Å². The number of carbonyl (C=O) groups is 1. The standard InChI is InChI=1S/C14H20N2O2S/c1-9-5-6-12(19-9)14-15-8-13(17)16(14)10(2)11-4-3-7-18-11/h5-6,10-11,14-15H,3-4,7-8H2,1-2H3. The number of carbonyl (C=O) groups excluding carboxylic acids is 1. The minimum atomic E-state index is 0.0189. The van der Waals surface area contributed by atoms with E-state index in [4.69, 9.17) is 4.74 Å². The molecular weight excluding hydrogens is 260 g/mol. The molecule has 19 heavy (non-hydrogen) atoms. The van der Waals surface area contributed by atoms with Crippen molar-refractivity contribution in [2.24, 2.45) is 0 Å². The van der Waals surface area contributed by atoms with E-state index in [0.29, 0.717) is 6.54 Å². The Hall–Kier alpha value is -0.910. The van der Waals surface area contributed by atoms with Gasteiger partial charge in [0.2, 0.25) is 5.91 Å². The molecule has 1 aromatic heterocycles. The van der Waals surface area contributed by atoms with Gasteiger partial charge >= 0.3 is 0 Å². The minimum Gasteiger partial charge on any atom is -0.376 e.